The molecule has 1 aliphatic carbocycles. The Morgan fingerprint density at radius 2 is 2.00 bits per heavy atom. The largest absolute Gasteiger partial charge is 0.274 e. The van der Waals surface area contributed by atoms with Gasteiger partial charge in [-0.1, -0.05) is 25.1 Å². The van der Waals surface area contributed by atoms with Crippen molar-refractivity contribution >= 4 is 23.2 Å². The fourth-order valence-corrected chi connectivity index (χ4v) is 3.34. The molecule has 6 heteroatoms. The molecule has 0 radical (unpaired) electrons. The molecule has 3 unspecified atom stereocenters. The lowest BCUT2D eigenvalue weighted by atomic mass is 9.78. The van der Waals surface area contributed by atoms with E-state index >= 15 is 0 Å². The first kappa shape index (κ1) is 14.4. The molecule has 22 heavy (non-hydrogen) atoms. The zero-order chi connectivity index (χ0) is 16.0. The van der Waals surface area contributed by atoms with Gasteiger partial charge in [-0.2, -0.15) is 0 Å². The van der Waals surface area contributed by atoms with Crippen LogP contribution in [0.4, 0.5) is 11.4 Å². The van der Waals surface area contributed by atoms with E-state index in [2.05, 4.69) is 0 Å². The molecule has 1 fully saturated rings. The Labute approximate surface area is 127 Å². The average molecular weight is 300 g/mol. The third-order valence-corrected chi connectivity index (χ3v) is 4.52. The molecule has 2 amide bonds. The Morgan fingerprint density at radius 3 is 2.64 bits per heavy atom. The zero-order valence-corrected chi connectivity index (χ0v) is 12.4. The molecule has 1 heterocycles. The summed E-state index contributed by atoms with van der Waals surface area (Å²) < 4.78 is 0. The molecule has 0 saturated carbocycles. The van der Waals surface area contributed by atoms with Crippen LogP contribution < -0.4 is 4.90 Å². The van der Waals surface area contributed by atoms with Gasteiger partial charge >= 0.3 is 0 Å². The Hall–Kier alpha value is -2.50. The van der Waals surface area contributed by atoms with E-state index < -0.39 is 4.92 Å². The number of benzene rings is 1. The second kappa shape index (κ2) is 5.05. The van der Waals surface area contributed by atoms with Crippen molar-refractivity contribution < 1.29 is 14.5 Å². The summed E-state index contributed by atoms with van der Waals surface area (Å²) in [5.41, 5.74) is 0.702. The van der Waals surface area contributed by atoms with E-state index in [0.717, 1.165) is 4.90 Å². The van der Waals surface area contributed by atoms with Gasteiger partial charge in [0.15, 0.2) is 0 Å². The Balaban J connectivity index is 2.03. The molecule has 1 aromatic rings. The predicted octanol–water partition coefficient (Wildman–Crippen LogP) is 2.60. The van der Waals surface area contributed by atoms with Crippen LogP contribution in [0.5, 0.6) is 0 Å². The van der Waals surface area contributed by atoms with Crippen molar-refractivity contribution in [2.24, 2.45) is 17.8 Å². The minimum atomic E-state index is -0.499. The van der Waals surface area contributed by atoms with Gasteiger partial charge in [0.25, 0.3) is 5.69 Å². The number of carbonyl (C=O) groups is 2. The number of hydrogen-bond donors (Lipinski definition) is 0. The number of nitrogens with zero attached hydrogens (tertiary/aromatic N) is 2. The monoisotopic (exact) mass is 300 g/mol. The molecule has 1 saturated heterocycles. The fourth-order valence-electron chi connectivity index (χ4n) is 3.34. The number of nitro groups is 1. The second-order valence-corrected chi connectivity index (χ2v) is 5.90. The highest BCUT2D eigenvalue weighted by molar-refractivity contribution is 6.22. The summed E-state index contributed by atoms with van der Waals surface area (Å²) in [6, 6.07) is 4.46. The van der Waals surface area contributed by atoms with Crippen molar-refractivity contribution in [1.29, 1.82) is 0 Å². The Kier molecular flexibility index (Phi) is 3.31. The van der Waals surface area contributed by atoms with E-state index in [4.69, 9.17) is 0 Å². The number of aryl methyl sites for hydroxylation is 1. The molecular weight excluding hydrogens is 284 g/mol. The van der Waals surface area contributed by atoms with E-state index in [0.29, 0.717) is 12.0 Å². The summed E-state index contributed by atoms with van der Waals surface area (Å²) in [5.74, 6) is -1.24. The second-order valence-electron chi connectivity index (χ2n) is 5.90. The number of hydrogen-bond acceptors (Lipinski definition) is 4. The number of fused-ring (bicyclic) bond motifs is 1. The molecule has 0 N–H and O–H groups in total. The highest BCUT2D eigenvalue weighted by Crippen LogP contribution is 2.41. The predicted molar refractivity (Wildman–Crippen MR) is 80.2 cm³/mol. The number of nitro benzene ring substituents is 1. The lowest BCUT2D eigenvalue weighted by Crippen LogP contribution is -2.31. The Morgan fingerprint density at radius 1 is 1.27 bits per heavy atom. The quantitative estimate of drug-likeness (QED) is 0.364. The highest BCUT2D eigenvalue weighted by atomic mass is 16.6. The molecule has 1 aliphatic heterocycles. The van der Waals surface area contributed by atoms with Crippen molar-refractivity contribution in [2.45, 2.75) is 20.3 Å². The minimum absolute atomic E-state index is 0.000587. The number of imide groups is 1. The number of rotatable bonds is 2. The van der Waals surface area contributed by atoms with Gasteiger partial charge in [0.1, 0.15) is 0 Å². The minimum Gasteiger partial charge on any atom is -0.274 e. The van der Waals surface area contributed by atoms with Crippen LogP contribution in [0, 0.1) is 34.8 Å². The highest BCUT2D eigenvalue weighted by Gasteiger charge is 2.50. The lowest BCUT2D eigenvalue weighted by molar-refractivity contribution is -0.385. The van der Waals surface area contributed by atoms with E-state index in [-0.39, 0.29) is 40.9 Å². The van der Waals surface area contributed by atoms with Crippen LogP contribution in [-0.2, 0) is 9.59 Å². The first-order valence-electron chi connectivity index (χ1n) is 7.21. The summed E-state index contributed by atoms with van der Waals surface area (Å²) in [6.07, 6.45) is 4.43. The molecular formula is C16H16N2O4. The van der Waals surface area contributed by atoms with Gasteiger partial charge in [-0.25, -0.2) is 4.90 Å². The van der Waals surface area contributed by atoms with Crippen LogP contribution in [0.3, 0.4) is 0 Å². The first-order chi connectivity index (χ1) is 10.4. The maximum atomic E-state index is 12.6. The lowest BCUT2D eigenvalue weighted by Gasteiger charge is -2.22. The molecule has 0 aromatic heterocycles. The van der Waals surface area contributed by atoms with Gasteiger partial charge in [-0.15, -0.1) is 0 Å². The maximum Gasteiger partial charge on any atom is 0.274 e. The summed E-state index contributed by atoms with van der Waals surface area (Å²) in [5, 5.41) is 11.1. The SMILES string of the molecule is Cc1ccc(N2C(=O)C3CC=CC(C)C3C2=O)cc1[N+](=O)[O-]. The topological polar surface area (TPSA) is 80.5 Å². The van der Waals surface area contributed by atoms with Gasteiger partial charge in [-0.05, 0) is 25.3 Å². The molecule has 2 aliphatic rings. The first-order valence-corrected chi connectivity index (χ1v) is 7.21. The van der Waals surface area contributed by atoms with Gasteiger partial charge in [0.05, 0.1) is 22.4 Å². The molecule has 3 atom stereocenters. The molecule has 0 bridgehead atoms. The smallest absolute Gasteiger partial charge is 0.274 e. The summed E-state index contributed by atoms with van der Waals surface area (Å²) in [7, 11) is 0. The standard InChI is InChI=1S/C16H16N2O4/c1-9-6-7-11(8-13(9)18(21)22)17-15(19)12-5-3-4-10(2)14(12)16(17)20/h3-4,6-8,10,12,14H,5H2,1-2H3. The zero-order valence-electron chi connectivity index (χ0n) is 12.4. The van der Waals surface area contributed by atoms with Gasteiger partial charge in [0, 0.05) is 11.6 Å². The van der Waals surface area contributed by atoms with Crippen molar-refractivity contribution in [3.63, 3.8) is 0 Å². The van der Waals surface area contributed by atoms with Crippen LogP contribution >= 0.6 is 0 Å². The molecule has 114 valence electrons. The molecule has 6 nitrogen and oxygen atoms in total. The number of anilines is 1. The van der Waals surface area contributed by atoms with Crippen LogP contribution in [0.15, 0.2) is 30.4 Å². The van der Waals surface area contributed by atoms with Crippen LogP contribution in [0.1, 0.15) is 18.9 Å². The van der Waals surface area contributed by atoms with Gasteiger partial charge in [-0.3, -0.25) is 19.7 Å². The van der Waals surface area contributed by atoms with Gasteiger partial charge < -0.3 is 0 Å². The maximum absolute atomic E-state index is 12.6. The van der Waals surface area contributed by atoms with Crippen molar-refractivity contribution in [3.05, 3.63) is 46.0 Å². The Bertz CT molecular complexity index is 710. The van der Waals surface area contributed by atoms with Gasteiger partial charge in [0.2, 0.25) is 11.8 Å². The van der Waals surface area contributed by atoms with Crippen molar-refractivity contribution in [1.82, 2.24) is 0 Å². The summed E-state index contributed by atoms with van der Waals surface area (Å²) in [4.78, 5) is 36.9. The van der Waals surface area contributed by atoms with E-state index in [1.807, 2.05) is 19.1 Å². The van der Waals surface area contributed by atoms with Crippen molar-refractivity contribution in [3.8, 4) is 0 Å². The molecule has 1 aromatic carbocycles. The summed E-state index contributed by atoms with van der Waals surface area (Å²) in [6.45, 7) is 3.54. The summed E-state index contributed by atoms with van der Waals surface area (Å²) >= 11 is 0. The number of allylic oxidation sites excluding steroid dienone is 2. The van der Waals surface area contributed by atoms with E-state index in [1.54, 1.807) is 19.1 Å². The van der Waals surface area contributed by atoms with E-state index in [9.17, 15) is 19.7 Å². The average Bonchev–Trinajstić information content (AvgIpc) is 2.73. The van der Waals surface area contributed by atoms with Crippen LogP contribution in [0.2, 0.25) is 0 Å². The normalized spacial score (nSPS) is 27.2. The van der Waals surface area contributed by atoms with Crippen molar-refractivity contribution in [2.75, 3.05) is 4.90 Å². The number of carbonyl (C=O) groups excluding carboxylic acids is 2. The molecule has 3 rings (SSSR count). The fraction of sp³-hybridized carbons (Fsp3) is 0.375. The van der Waals surface area contributed by atoms with Crippen LogP contribution in [-0.4, -0.2) is 16.7 Å². The number of amides is 2. The third-order valence-electron chi connectivity index (χ3n) is 4.52. The third kappa shape index (κ3) is 2.03. The van der Waals surface area contributed by atoms with E-state index in [1.165, 1.54) is 6.07 Å². The molecule has 0 spiro atoms. The van der Waals surface area contributed by atoms with Crippen LogP contribution in [0.25, 0.3) is 0 Å².